The minimum absolute atomic E-state index is 0.505. The average molecular weight is 314 g/mol. The van der Waals surface area contributed by atoms with Gasteiger partial charge in [-0.05, 0) is 48.2 Å². The zero-order valence-corrected chi connectivity index (χ0v) is 13.2. The van der Waals surface area contributed by atoms with Crippen LogP contribution in [-0.4, -0.2) is 53.9 Å². The van der Waals surface area contributed by atoms with E-state index >= 15 is 0 Å². The van der Waals surface area contributed by atoms with Crippen LogP contribution in [0.3, 0.4) is 0 Å². The van der Waals surface area contributed by atoms with Gasteiger partial charge < -0.3 is 5.11 Å². The van der Waals surface area contributed by atoms with Gasteiger partial charge in [0.15, 0.2) is 5.82 Å². The predicted octanol–water partition coefficient (Wildman–Crippen LogP) is 0.973. The highest BCUT2D eigenvalue weighted by molar-refractivity contribution is 5.08. The average Bonchev–Trinajstić information content (AvgIpc) is 3.30. The molecular weight excluding hydrogens is 292 g/mol. The number of hydrogen-bond acceptors (Lipinski definition) is 6. The van der Waals surface area contributed by atoms with Crippen molar-refractivity contribution in [3.8, 4) is 0 Å². The smallest absolute Gasteiger partial charge is 0.165 e. The van der Waals surface area contributed by atoms with E-state index in [1.807, 2.05) is 22.9 Å². The fraction of sp³-hybridized carbons (Fsp3) is 0.625. The van der Waals surface area contributed by atoms with Gasteiger partial charge in [0, 0.05) is 31.4 Å². The van der Waals surface area contributed by atoms with E-state index in [0.717, 1.165) is 44.0 Å². The Bertz CT molecular complexity index is 646. The van der Waals surface area contributed by atoms with Crippen molar-refractivity contribution in [1.82, 2.24) is 30.1 Å². The number of aliphatic hydroxyl groups is 1. The standard InChI is InChI=1S/C16H22N6O/c23-16(11-13-3-1-2-8-17-13)6-9-21(10-7-16)12-15-18-19-20-22(15)14-4-5-14/h1-3,8,14,23H,4-7,9-12H2. The van der Waals surface area contributed by atoms with Crippen LogP contribution < -0.4 is 0 Å². The largest absolute Gasteiger partial charge is 0.389 e. The van der Waals surface area contributed by atoms with Crippen LogP contribution in [0.4, 0.5) is 0 Å². The van der Waals surface area contributed by atoms with Crippen LogP contribution in [-0.2, 0) is 13.0 Å². The van der Waals surface area contributed by atoms with Gasteiger partial charge in [-0.15, -0.1) is 5.10 Å². The maximum Gasteiger partial charge on any atom is 0.165 e. The van der Waals surface area contributed by atoms with Crippen LogP contribution in [0.15, 0.2) is 24.4 Å². The molecule has 1 saturated heterocycles. The van der Waals surface area contributed by atoms with E-state index < -0.39 is 5.60 Å². The molecule has 1 saturated carbocycles. The Balaban J connectivity index is 1.34. The third kappa shape index (κ3) is 3.40. The first-order chi connectivity index (χ1) is 11.2. The molecular formula is C16H22N6O. The fourth-order valence-corrected chi connectivity index (χ4v) is 3.26. The molecule has 0 unspecified atom stereocenters. The molecule has 2 aromatic heterocycles. The van der Waals surface area contributed by atoms with Crippen molar-refractivity contribution >= 4 is 0 Å². The number of pyridine rings is 1. The van der Waals surface area contributed by atoms with Gasteiger partial charge in [0.25, 0.3) is 0 Å². The van der Waals surface area contributed by atoms with Crippen LogP contribution >= 0.6 is 0 Å². The lowest BCUT2D eigenvalue weighted by Crippen LogP contribution is -2.45. The lowest BCUT2D eigenvalue weighted by atomic mass is 9.87. The van der Waals surface area contributed by atoms with E-state index in [1.165, 1.54) is 12.8 Å². The summed E-state index contributed by atoms with van der Waals surface area (Å²) in [4.78, 5) is 6.66. The number of nitrogens with zero attached hydrogens (tertiary/aromatic N) is 6. The van der Waals surface area contributed by atoms with Crippen molar-refractivity contribution in [3.63, 3.8) is 0 Å². The molecule has 4 rings (SSSR count). The van der Waals surface area contributed by atoms with E-state index in [0.29, 0.717) is 12.5 Å². The van der Waals surface area contributed by atoms with Crippen molar-refractivity contribution < 1.29 is 5.11 Å². The lowest BCUT2D eigenvalue weighted by Gasteiger charge is -2.37. The van der Waals surface area contributed by atoms with Crippen molar-refractivity contribution in [2.75, 3.05) is 13.1 Å². The summed E-state index contributed by atoms with van der Waals surface area (Å²) in [5.41, 5.74) is 0.314. The van der Waals surface area contributed by atoms with E-state index in [2.05, 4.69) is 25.4 Å². The molecule has 1 aliphatic carbocycles. The minimum atomic E-state index is -0.646. The van der Waals surface area contributed by atoms with E-state index in [4.69, 9.17) is 0 Å². The Hall–Kier alpha value is -1.86. The third-order valence-corrected chi connectivity index (χ3v) is 4.84. The summed E-state index contributed by atoms with van der Waals surface area (Å²) in [5.74, 6) is 0.947. The Morgan fingerprint density at radius 1 is 1.22 bits per heavy atom. The van der Waals surface area contributed by atoms with Gasteiger partial charge in [-0.2, -0.15) is 0 Å². The molecule has 2 aliphatic rings. The highest BCUT2D eigenvalue weighted by Gasteiger charge is 2.34. The molecule has 1 N–H and O–H groups in total. The molecule has 3 heterocycles. The quantitative estimate of drug-likeness (QED) is 0.886. The second kappa shape index (κ2) is 5.98. The summed E-state index contributed by atoms with van der Waals surface area (Å²) in [5, 5.41) is 22.9. The molecule has 0 aromatic carbocycles. The fourth-order valence-electron chi connectivity index (χ4n) is 3.26. The number of piperidine rings is 1. The van der Waals surface area contributed by atoms with Crippen molar-refractivity contribution in [1.29, 1.82) is 0 Å². The normalized spacial score (nSPS) is 21.4. The lowest BCUT2D eigenvalue weighted by molar-refractivity contribution is -0.0238. The highest BCUT2D eigenvalue weighted by Crippen LogP contribution is 2.35. The summed E-state index contributed by atoms with van der Waals surface area (Å²) < 4.78 is 1.97. The molecule has 0 amide bonds. The van der Waals surface area contributed by atoms with E-state index in [9.17, 15) is 5.11 Å². The Labute approximate surface area is 135 Å². The van der Waals surface area contributed by atoms with Crippen LogP contribution in [0.2, 0.25) is 0 Å². The molecule has 1 aliphatic heterocycles. The van der Waals surface area contributed by atoms with Crippen molar-refractivity contribution in [2.24, 2.45) is 0 Å². The molecule has 2 aromatic rings. The Morgan fingerprint density at radius 2 is 2.04 bits per heavy atom. The molecule has 0 atom stereocenters. The van der Waals surface area contributed by atoms with Crippen molar-refractivity contribution in [3.05, 3.63) is 35.9 Å². The summed E-state index contributed by atoms with van der Waals surface area (Å²) in [6, 6.07) is 6.36. The summed E-state index contributed by atoms with van der Waals surface area (Å²) >= 11 is 0. The molecule has 0 radical (unpaired) electrons. The van der Waals surface area contributed by atoms with Crippen LogP contribution in [0.1, 0.15) is 43.2 Å². The first-order valence-corrected chi connectivity index (χ1v) is 8.33. The zero-order valence-electron chi connectivity index (χ0n) is 13.2. The second-order valence-electron chi connectivity index (χ2n) is 6.77. The SMILES string of the molecule is OC1(Cc2ccccn2)CCN(Cc2nnnn2C2CC2)CC1. The maximum absolute atomic E-state index is 10.8. The number of hydrogen-bond donors (Lipinski definition) is 1. The molecule has 23 heavy (non-hydrogen) atoms. The van der Waals surface area contributed by atoms with Crippen molar-refractivity contribution in [2.45, 2.75) is 50.3 Å². The highest BCUT2D eigenvalue weighted by atomic mass is 16.3. The van der Waals surface area contributed by atoms with Gasteiger partial charge >= 0.3 is 0 Å². The first kappa shape index (κ1) is 14.7. The third-order valence-electron chi connectivity index (χ3n) is 4.84. The zero-order chi connectivity index (χ0) is 15.7. The first-order valence-electron chi connectivity index (χ1n) is 8.33. The Morgan fingerprint density at radius 3 is 2.74 bits per heavy atom. The molecule has 0 spiro atoms. The minimum Gasteiger partial charge on any atom is -0.389 e. The van der Waals surface area contributed by atoms with Crippen LogP contribution in [0.25, 0.3) is 0 Å². The molecule has 0 bridgehead atoms. The number of likely N-dealkylation sites (tertiary alicyclic amines) is 1. The molecule has 2 fully saturated rings. The molecule has 7 heteroatoms. The second-order valence-corrected chi connectivity index (χ2v) is 6.77. The van der Waals surface area contributed by atoms with Gasteiger partial charge in [-0.25, -0.2) is 4.68 Å². The molecule has 7 nitrogen and oxygen atoms in total. The summed E-state index contributed by atoms with van der Waals surface area (Å²) in [6.07, 6.45) is 6.29. The summed E-state index contributed by atoms with van der Waals surface area (Å²) in [7, 11) is 0. The van der Waals surface area contributed by atoms with Crippen LogP contribution in [0, 0.1) is 0 Å². The van der Waals surface area contributed by atoms with Crippen LogP contribution in [0.5, 0.6) is 0 Å². The monoisotopic (exact) mass is 314 g/mol. The van der Waals surface area contributed by atoms with Gasteiger partial charge in [-0.3, -0.25) is 9.88 Å². The van der Waals surface area contributed by atoms with E-state index in [1.54, 1.807) is 6.20 Å². The topological polar surface area (TPSA) is 80.0 Å². The maximum atomic E-state index is 10.8. The predicted molar refractivity (Wildman–Crippen MR) is 83.5 cm³/mol. The summed E-state index contributed by atoms with van der Waals surface area (Å²) in [6.45, 7) is 2.49. The van der Waals surface area contributed by atoms with Gasteiger partial charge in [0.1, 0.15) is 0 Å². The van der Waals surface area contributed by atoms with E-state index in [-0.39, 0.29) is 0 Å². The number of tetrazole rings is 1. The molecule has 122 valence electrons. The van der Waals surface area contributed by atoms with Gasteiger partial charge in [0.2, 0.25) is 0 Å². The number of rotatable bonds is 5. The van der Waals surface area contributed by atoms with Gasteiger partial charge in [-0.1, -0.05) is 6.07 Å². The van der Waals surface area contributed by atoms with Gasteiger partial charge in [0.05, 0.1) is 18.2 Å². The number of aromatic nitrogens is 5. The Kier molecular flexibility index (Phi) is 3.82.